The summed E-state index contributed by atoms with van der Waals surface area (Å²) in [6.45, 7) is 12.2. The highest BCUT2D eigenvalue weighted by atomic mass is 16.3. The Kier molecular flexibility index (Phi) is 3.63. The largest absolute Gasteiger partial charge is 0.506 e. The third-order valence-electron chi connectivity index (χ3n) is 4.45. The van der Waals surface area contributed by atoms with E-state index in [1.807, 2.05) is 53.7 Å². The lowest BCUT2D eigenvalue weighted by Gasteiger charge is -2.38. The zero-order valence-corrected chi connectivity index (χ0v) is 14.4. The van der Waals surface area contributed by atoms with E-state index >= 15 is 0 Å². The van der Waals surface area contributed by atoms with Crippen molar-refractivity contribution < 1.29 is 10.2 Å². The maximum absolute atomic E-state index is 10.4. The molecule has 6 N–H and O–H groups in total. The lowest BCUT2D eigenvalue weighted by Crippen LogP contribution is -2.36. The van der Waals surface area contributed by atoms with Gasteiger partial charge in [-0.05, 0) is 22.0 Å². The van der Waals surface area contributed by atoms with Crippen molar-refractivity contribution in [1.29, 1.82) is 0 Å². The van der Waals surface area contributed by atoms with E-state index in [-0.39, 0.29) is 34.2 Å². The molecule has 2 rings (SSSR count). The second-order valence-electron chi connectivity index (χ2n) is 8.32. The predicted molar refractivity (Wildman–Crippen MR) is 89.7 cm³/mol. The second kappa shape index (κ2) is 4.83. The molecule has 0 aromatic carbocycles. The van der Waals surface area contributed by atoms with Crippen LogP contribution in [0.3, 0.4) is 0 Å². The predicted octanol–water partition coefficient (Wildman–Crippen LogP) is 3.65. The standard InChI is InChI=1S/C18H28N2O2/c1-17(2,3)10-7-9-8-11(18(4,5)6)16(22)14(20)12(9)13(19)15(10)21/h7-9,12,21-22H,19-20H2,1-6H3. The first-order valence-corrected chi connectivity index (χ1v) is 7.68. The van der Waals surface area contributed by atoms with E-state index in [4.69, 9.17) is 11.5 Å². The molecule has 0 aromatic heterocycles. The minimum Gasteiger partial charge on any atom is -0.506 e. The van der Waals surface area contributed by atoms with Gasteiger partial charge in [-0.3, -0.25) is 0 Å². The maximum atomic E-state index is 10.4. The molecule has 0 amide bonds. The molecule has 122 valence electrons. The van der Waals surface area contributed by atoms with Gasteiger partial charge in [-0.1, -0.05) is 53.7 Å². The molecular formula is C18H28N2O2. The fraction of sp³-hybridized carbons (Fsp3) is 0.556. The number of rotatable bonds is 0. The van der Waals surface area contributed by atoms with Crippen LogP contribution in [0.25, 0.3) is 0 Å². The van der Waals surface area contributed by atoms with Crippen LogP contribution >= 0.6 is 0 Å². The molecular weight excluding hydrogens is 276 g/mol. The van der Waals surface area contributed by atoms with E-state index in [2.05, 4.69) is 0 Å². The monoisotopic (exact) mass is 304 g/mol. The normalized spacial score (nSPS) is 26.6. The molecule has 0 saturated heterocycles. The van der Waals surface area contributed by atoms with Gasteiger partial charge in [-0.25, -0.2) is 0 Å². The Morgan fingerprint density at radius 2 is 1.09 bits per heavy atom. The SMILES string of the molecule is CC(C)(C)C1=CC2C=C(C(C)(C)C)C(O)=C(N)C2C(N)=C1O. The van der Waals surface area contributed by atoms with Crippen molar-refractivity contribution in [3.63, 3.8) is 0 Å². The summed E-state index contributed by atoms with van der Waals surface area (Å²) in [5, 5.41) is 20.9. The van der Waals surface area contributed by atoms with Gasteiger partial charge in [0.2, 0.25) is 0 Å². The van der Waals surface area contributed by atoms with Crippen LogP contribution in [0.5, 0.6) is 0 Å². The Balaban J connectivity index is 2.63. The van der Waals surface area contributed by atoms with Crippen molar-refractivity contribution in [3.8, 4) is 0 Å². The summed E-state index contributed by atoms with van der Waals surface area (Å²) >= 11 is 0. The number of aliphatic hydroxyl groups excluding tert-OH is 2. The average Bonchev–Trinajstić information content (AvgIpc) is 2.34. The van der Waals surface area contributed by atoms with Crippen molar-refractivity contribution in [2.75, 3.05) is 0 Å². The van der Waals surface area contributed by atoms with E-state index in [9.17, 15) is 10.2 Å². The minimum atomic E-state index is -0.378. The van der Waals surface area contributed by atoms with Crippen LogP contribution in [0.15, 0.2) is 46.2 Å². The molecule has 4 heteroatoms. The zero-order valence-electron chi connectivity index (χ0n) is 14.4. The number of fused-ring (bicyclic) bond motifs is 1. The molecule has 0 bridgehead atoms. The first kappa shape index (κ1) is 16.5. The highest BCUT2D eigenvalue weighted by Crippen LogP contribution is 2.46. The third-order valence-corrected chi connectivity index (χ3v) is 4.45. The first-order chi connectivity index (χ1) is 9.85. The number of hydrogen-bond acceptors (Lipinski definition) is 4. The van der Waals surface area contributed by atoms with E-state index in [0.29, 0.717) is 11.4 Å². The molecule has 2 aliphatic carbocycles. The Morgan fingerprint density at radius 1 is 0.773 bits per heavy atom. The number of allylic oxidation sites excluding steroid dienone is 4. The summed E-state index contributed by atoms with van der Waals surface area (Å²) in [6.07, 6.45) is 4.06. The molecule has 0 saturated carbocycles. The number of aliphatic hydroxyl groups is 2. The van der Waals surface area contributed by atoms with Crippen LogP contribution in [-0.2, 0) is 0 Å². The van der Waals surface area contributed by atoms with Gasteiger partial charge in [-0.15, -0.1) is 0 Å². The van der Waals surface area contributed by atoms with Gasteiger partial charge in [0, 0.05) is 5.92 Å². The Hall–Kier alpha value is -1.84. The van der Waals surface area contributed by atoms with Crippen LogP contribution in [0.1, 0.15) is 41.5 Å². The highest BCUT2D eigenvalue weighted by molar-refractivity contribution is 5.49. The molecule has 22 heavy (non-hydrogen) atoms. The van der Waals surface area contributed by atoms with Gasteiger partial charge in [-0.2, -0.15) is 0 Å². The van der Waals surface area contributed by atoms with Crippen LogP contribution in [0, 0.1) is 22.7 Å². The van der Waals surface area contributed by atoms with Crippen LogP contribution in [-0.4, -0.2) is 10.2 Å². The summed E-state index contributed by atoms with van der Waals surface area (Å²) in [6, 6.07) is 0. The molecule has 0 fully saturated rings. The van der Waals surface area contributed by atoms with Crippen LogP contribution in [0.4, 0.5) is 0 Å². The molecule has 0 aliphatic heterocycles. The highest BCUT2D eigenvalue weighted by Gasteiger charge is 2.40. The fourth-order valence-electron chi connectivity index (χ4n) is 3.18. The molecule has 0 aromatic rings. The molecule has 0 atom stereocenters. The van der Waals surface area contributed by atoms with Crippen molar-refractivity contribution in [2.45, 2.75) is 41.5 Å². The van der Waals surface area contributed by atoms with Gasteiger partial charge in [0.25, 0.3) is 0 Å². The van der Waals surface area contributed by atoms with Crippen molar-refractivity contribution in [2.24, 2.45) is 34.1 Å². The molecule has 4 nitrogen and oxygen atoms in total. The van der Waals surface area contributed by atoms with E-state index in [0.717, 1.165) is 11.1 Å². The fourth-order valence-corrected chi connectivity index (χ4v) is 3.18. The van der Waals surface area contributed by atoms with Crippen LogP contribution < -0.4 is 11.5 Å². The number of nitrogens with two attached hydrogens (primary N) is 2. The summed E-state index contributed by atoms with van der Waals surface area (Å²) < 4.78 is 0. The first-order valence-electron chi connectivity index (χ1n) is 7.68. The topological polar surface area (TPSA) is 92.5 Å². The zero-order chi connectivity index (χ0) is 17.0. The third kappa shape index (κ3) is 2.51. The summed E-state index contributed by atoms with van der Waals surface area (Å²) in [5.74, 6) is -0.235. The molecule has 0 spiro atoms. The van der Waals surface area contributed by atoms with Gasteiger partial charge < -0.3 is 21.7 Å². The van der Waals surface area contributed by atoms with Crippen molar-refractivity contribution in [3.05, 3.63) is 46.2 Å². The minimum absolute atomic E-state index is 0.0461. The number of hydrogen-bond donors (Lipinski definition) is 4. The Labute approximate surface area is 132 Å². The molecule has 0 heterocycles. The summed E-state index contributed by atoms with van der Waals surface area (Å²) in [5.41, 5.74) is 14.2. The quantitative estimate of drug-likeness (QED) is 0.549. The Bertz CT molecular complexity index is 568. The Morgan fingerprint density at radius 3 is 1.36 bits per heavy atom. The molecule has 0 unspecified atom stereocenters. The van der Waals surface area contributed by atoms with E-state index in [1.165, 1.54) is 0 Å². The second-order valence-corrected chi connectivity index (χ2v) is 8.32. The molecule has 0 radical (unpaired) electrons. The van der Waals surface area contributed by atoms with Crippen molar-refractivity contribution in [1.82, 2.24) is 0 Å². The average molecular weight is 304 g/mol. The molecule has 2 aliphatic rings. The van der Waals surface area contributed by atoms with E-state index in [1.54, 1.807) is 0 Å². The van der Waals surface area contributed by atoms with Gasteiger partial charge in [0.05, 0.1) is 17.3 Å². The smallest absolute Gasteiger partial charge is 0.138 e. The van der Waals surface area contributed by atoms with Gasteiger partial charge in [0.15, 0.2) is 0 Å². The van der Waals surface area contributed by atoms with Gasteiger partial charge >= 0.3 is 0 Å². The summed E-state index contributed by atoms with van der Waals surface area (Å²) in [4.78, 5) is 0. The van der Waals surface area contributed by atoms with Gasteiger partial charge in [0.1, 0.15) is 11.5 Å². The van der Waals surface area contributed by atoms with Crippen molar-refractivity contribution >= 4 is 0 Å². The van der Waals surface area contributed by atoms with Crippen LogP contribution in [0.2, 0.25) is 0 Å². The lowest BCUT2D eigenvalue weighted by molar-refractivity contribution is 0.324. The van der Waals surface area contributed by atoms with E-state index < -0.39 is 0 Å². The lowest BCUT2D eigenvalue weighted by atomic mass is 9.68. The summed E-state index contributed by atoms with van der Waals surface area (Å²) in [7, 11) is 0. The maximum Gasteiger partial charge on any atom is 0.138 e.